The van der Waals surface area contributed by atoms with Gasteiger partial charge >= 0.3 is 0 Å². The molecular weight excluding hydrogens is 323 g/mol. The minimum atomic E-state index is -1.09. The highest BCUT2D eigenvalue weighted by molar-refractivity contribution is 5.38. The molecule has 2 aromatic carbocycles. The Morgan fingerprint density at radius 3 is 1.92 bits per heavy atom. The highest BCUT2D eigenvalue weighted by atomic mass is 19.1. The van der Waals surface area contributed by atoms with Crippen LogP contribution in [0.4, 0.5) is 4.39 Å². The van der Waals surface area contributed by atoms with Crippen molar-refractivity contribution >= 4 is 0 Å². The van der Waals surface area contributed by atoms with Gasteiger partial charge in [0.2, 0.25) is 0 Å². The van der Waals surface area contributed by atoms with E-state index in [0.717, 1.165) is 43.2 Å². The second-order valence-electron chi connectivity index (χ2n) is 7.72. The van der Waals surface area contributed by atoms with E-state index in [1.165, 1.54) is 17.7 Å². The van der Waals surface area contributed by atoms with Crippen LogP contribution in [0.3, 0.4) is 0 Å². The summed E-state index contributed by atoms with van der Waals surface area (Å²) in [6.07, 6.45) is 5.16. The summed E-state index contributed by atoms with van der Waals surface area (Å²) in [5.74, 6) is 0.478. The Morgan fingerprint density at radius 1 is 0.885 bits per heavy atom. The van der Waals surface area contributed by atoms with Crippen LogP contribution < -0.4 is 0 Å². The highest BCUT2D eigenvalue weighted by Crippen LogP contribution is 2.42. The van der Waals surface area contributed by atoms with Crippen LogP contribution >= 0.6 is 0 Å². The first-order chi connectivity index (χ1) is 12.4. The second kappa shape index (κ2) is 9.32. The Balaban J connectivity index is 2.48. The zero-order chi connectivity index (χ0) is 19.2. The predicted molar refractivity (Wildman–Crippen MR) is 108 cm³/mol. The van der Waals surface area contributed by atoms with Crippen LogP contribution in [-0.2, 0) is 5.60 Å². The van der Waals surface area contributed by atoms with Gasteiger partial charge in [0.1, 0.15) is 11.4 Å². The van der Waals surface area contributed by atoms with Crippen molar-refractivity contribution in [3.63, 3.8) is 0 Å². The Kier molecular flexibility index (Phi) is 7.40. The van der Waals surface area contributed by atoms with Gasteiger partial charge in [0.05, 0.1) is 0 Å². The Hall–Kier alpha value is -1.67. The zero-order valence-electron chi connectivity index (χ0n) is 16.6. The van der Waals surface area contributed by atoms with Crippen LogP contribution in [0.25, 0.3) is 0 Å². The molecule has 0 saturated heterocycles. The largest absolute Gasteiger partial charge is 0.380 e. The van der Waals surface area contributed by atoms with E-state index in [-0.39, 0.29) is 11.7 Å². The molecule has 1 N–H and O–H groups in total. The fourth-order valence-electron chi connectivity index (χ4n) is 3.75. The molecule has 3 unspecified atom stereocenters. The first-order valence-electron chi connectivity index (χ1n) is 9.97. The molecule has 0 aliphatic carbocycles. The molecule has 2 rings (SSSR count). The van der Waals surface area contributed by atoms with Crippen LogP contribution in [0.2, 0.25) is 0 Å². The van der Waals surface area contributed by atoms with E-state index in [0.29, 0.717) is 5.92 Å². The summed E-state index contributed by atoms with van der Waals surface area (Å²) in [6, 6.07) is 14.5. The van der Waals surface area contributed by atoms with Crippen molar-refractivity contribution in [2.45, 2.75) is 65.4 Å². The highest BCUT2D eigenvalue weighted by Gasteiger charge is 2.39. The molecule has 0 bridgehead atoms. The topological polar surface area (TPSA) is 20.2 Å². The predicted octanol–water partition coefficient (Wildman–Crippen LogP) is 6.61. The summed E-state index contributed by atoms with van der Waals surface area (Å²) in [5.41, 5.74) is 1.76. The van der Waals surface area contributed by atoms with Gasteiger partial charge in [0, 0.05) is 0 Å². The summed E-state index contributed by atoms with van der Waals surface area (Å²) < 4.78 is 13.5. The van der Waals surface area contributed by atoms with Crippen molar-refractivity contribution in [2.24, 2.45) is 11.8 Å². The van der Waals surface area contributed by atoms with E-state index in [2.05, 4.69) is 20.8 Å². The second-order valence-corrected chi connectivity index (χ2v) is 7.72. The van der Waals surface area contributed by atoms with E-state index in [1.54, 1.807) is 12.1 Å². The molecule has 0 spiro atoms. The average Bonchev–Trinajstić information content (AvgIpc) is 2.65. The van der Waals surface area contributed by atoms with Crippen LogP contribution in [0.5, 0.6) is 0 Å². The summed E-state index contributed by atoms with van der Waals surface area (Å²) in [5, 5.41) is 12.0. The Labute approximate surface area is 158 Å². The van der Waals surface area contributed by atoms with Crippen molar-refractivity contribution in [3.05, 3.63) is 71.0 Å². The fraction of sp³-hybridized carbons (Fsp3) is 0.500. The standard InChI is InChI=1S/C24H33FO/c1-5-7-20(11-8-18(3)6-2)24(26,21-12-9-19(4)10-13-21)22-14-16-23(25)17-15-22/h9-10,12-18,20,26H,5-8,11H2,1-4H3. The number of benzene rings is 2. The maximum absolute atomic E-state index is 13.5. The maximum Gasteiger partial charge on any atom is 0.123 e. The molecule has 0 aliphatic heterocycles. The van der Waals surface area contributed by atoms with Crippen molar-refractivity contribution < 1.29 is 9.50 Å². The molecule has 0 amide bonds. The Bertz CT molecular complexity index is 614. The third-order valence-electron chi connectivity index (χ3n) is 5.71. The van der Waals surface area contributed by atoms with Crippen molar-refractivity contribution in [2.75, 3.05) is 0 Å². The average molecular weight is 357 g/mol. The molecule has 0 aromatic heterocycles. The lowest BCUT2D eigenvalue weighted by atomic mass is 9.71. The van der Waals surface area contributed by atoms with E-state index >= 15 is 0 Å². The number of aryl methyl sites for hydroxylation is 1. The van der Waals surface area contributed by atoms with E-state index in [4.69, 9.17) is 0 Å². The fourth-order valence-corrected chi connectivity index (χ4v) is 3.75. The lowest BCUT2D eigenvalue weighted by Crippen LogP contribution is -2.37. The normalized spacial score (nSPS) is 16.1. The monoisotopic (exact) mass is 356 g/mol. The van der Waals surface area contributed by atoms with Crippen LogP contribution in [0, 0.1) is 24.6 Å². The first kappa shape index (κ1) is 20.6. The molecule has 0 fully saturated rings. The molecule has 0 saturated carbocycles. The number of aliphatic hydroxyl groups is 1. The number of hydrogen-bond acceptors (Lipinski definition) is 1. The smallest absolute Gasteiger partial charge is 0.123 e. The van der Waals surface area contributed by atoms with Crippen LogP contribution in [0.15, 0.2) is 48.5 Å². The minimum Gasteiger partial charge on any atom is -0.380 e. The lowest BCUT2D eigenvalue weighted by molar-refractivity contribution is 0.00510. The molecule has 0 aliphatic rings. The third-order valence-corrected chi connectivity index (χ3v) is 5.71. The molecule has 2 heteroatoms. The molecule has 0 heterocycles. The lowest BCUT2D eigenvalue weighted by Gasteiger charge is -2.38. The number of rotatable bonds is 9. The van der Waals surface area contributed by atoms with Gasteiger partial charge in [0.25, 0.3) is 0 Å². The van der Waals surface area contributed by atoms with Gasteiger partial charge in [-0.15, -0.1) is 0 Å². The van der Waals surface area contributed by atoms with Gasteiger partial charge in [0.15, 0.2) is 0 Å². The molecular formula is C24H33FO. The number of halogens is 1. The number of hydrogen-bond donors (Lipinski definition) is 1. The minimum absolute atomic E-state index is 0.106. The summed E-state index contributed by atoms with van der Waals surface area (Å²) >= 11 is 0. The van der Waals surface area contributed by atoms with Gasteiger partial charge in [-0.2, -0.15) is 0 Å². The molecule has 3 atom stereocenters. The molecule has 1 nitrogen and oxygen atoms in total. The van der Waals surface area contributed by atoms with Crippen molar-refractivity contribution in [1.29, 1.82) is 0 Å². The van der Waals surface area contributed by atoms with Gasteiger partial charge in [-0.05, 0) is 54.9 Å². The SMILES string of the molecule is CCCC(CCC(C)CC)C(O)(c1ccc(C)cc1)c1ccc(F)cc1. The molecule has 26 heavy (non-hydrogen) atoms. The van der Waals surface area contributed by atoms with Crippen molar-refractivity contribution in [3.8, 4) is 0 Å². The maximum atomic E-state index is 13.5. The van der Waals surface area contributed by atoms with Crippen LogP contribution in [0.1, 0.15) is 69.6 Å². The quantitative estimate of drug-likeness (QED) is 0.536. The van der Waals surface area contributed by atoms with Gasteiger partial charge in [-0.3, -0.25) is 0 Å². The first-order valence-corrected chi connectivity index (χ1v) is 9.97. The summed E-state index contributed by atoms with van der Waals surface area (Å²) in [7, 11) is 0. The van der Waals surface area contributed by atoms with Gasteiger partial charge in [-0.25, -0.2) is 4.39 Å². The third kappa shape index (κ3) is 4.73. The molecule has 142 valence electrons. The van der Waals surface area contributed by atoms with Crippen molar-refractivity contribution in [1.82, 2.24) is 0 Å². The molecule has 2 aromatic rings. The zero-order valence-corrected chi connectivity index (χ0v) is 16.6. The van der Waals surface area contributed by atoms with E-state index in [9.17, 15) is 9.50 Å². The van der Waals surface area contributed by atoms with E-state index in [1.807, 2.05) is 31.2 Å². The molecule has 0 radical (unpaired) electrons. The Morgan fingerprint density at radius 2 is 1.42 bits per heavy atom. The van der Waals surface area contributed by atoms with E-state index < -0.39 is 5.60 Å². The van der Waals surface area contributed by atoms with Gasteiger partial charge in [-0.1, -0.05) is 82.0 Å². The van der Waals surface area contributed by atoms with Crippen LogP contribution in [-0.4, -0.2) is 5.11 Å². The summed E-state index contributed by atoms with van der Waals surface area (Å²) in [4.78, 5) is 0. The van der Waals surface area contributed by atoms with Gasteiger partial charge < -0.3 is 5.11 Å². The summed E-state index contributed by atoms with van der Waals surface area (Å²) in [6.45, 7) is 8.70.